The fraction of sp³-hybridized carbons (Fsp3) is 0.375. The van der Waals surface area contributed by atoms with Crippen LogP contribution < -0.4 is 10.1 Å². The Hall–Kier alpha value is -1.45. The number of halogens is 1. The van der Waals surface area contributed by atoms with Crippen molar-refractivity contribution in [1.82, 2.24) is 5.32 Å². The molecule has 0 aliphatic heterocycles. The third-order valence-electron chi connectivity index (χ3n) is 3.17. The van der Waals surface area contributed by atoms with Crippen LogP contribution in [0.5, 0.6) is 5.75 Å². The fourth-order valence-corrected chi connectivity index (χ4v) is 2.22. The van der Waals surface area contributed by atoms with Gasteiger partial charge in [0.25, 0.3) is 0 Å². The highest BCUT2D eigenvalue weighted by Gasteiger charge is 2.07. The van der Waals surface area contributed by atoms with Crippen molar-refractivity contribution in [1.29, 1.82) is 0 Å². The SMILES string of the molecule is CCNCc1ccoc1COc1ccc(Cl)c(CC)c1. The molecule has 0 spiro atoms. The molecule has 3 nitrogen and oxygen atoms in total. The van der Waals surface area contributed by atoms with Crippen molar-refractivity contribution < 1.29 is 9.15 Å². The molecule has 0 radical (unpaired) electrons. The summed E-state index contributed by atoms with van der Waals surface area (Å²) in [5, 5.41) is 4.06. The molecule has 1 N–H and O–H groups in total. The van der Waals surface area contributed by atoms with Crippen molar-refractivity contribution in [2.45, 2.75) is 33.4 Å². The van der Waals surface area contributed by atoms with E-state index in [-0.39, 0.29) is 0 Å². The molecule has 0 fully saturated rings. The zero-order valence-electron chi connectivity index (χ0n) is 11.9. The van der Waals surface area contributed by atoms with E-state index in [1.54, 1.807) is 6.26 Å². The summed E-state index contributed by atoms with van der Waals surface area (Å²) in [5.41, 5.74) is 2.23. The van der Waals surface area contributed by atoms with Crippen molar-refractivity contribution >= 4 is 11.6 Å². The number of aryl methyl sites for hydroxylation is 1. The Labute approximate surface area is 124 Å². The average Bonchev–Trinajstić information content (AvgIpc) is 2.91. The molecule has 0 aliphatic rings. The Kier molecular flexibility index (Phi) is 5.50. The van der Waals surface area contributed by atoms with Gasteiger partial charge in [0.05, 0.1) is 6.26 Å². The highest BCUT2D eigenvalue weighted by atomic mass is 35.5. The zero-order chi connectivity index (χ0) is 14.4. The smallest absolute Gasteiger partial charge is 0.146 e. The minimum atomic E-state index is 0.429. The van der Waals surface area contributed by atoms with Gasteiger partial charge in [0, 0.05) is 17.1 Å². The first-order chi connectivity index (χ1) is 9.74. The number of rotatable bonds is 7. The standard InChI is InChI=1S/C16H20ClNO2/c1-3-12-9-14(5-6-15(12)17)20-11-16-13(7-8-19-16)10-18-4-2/h5-9,18H,3-4,10-11H2,1-2H3. The molecule has 4 heteroatoms. The largest absolute Gasteiger partial charge is 0.486 e. The molecule has 1 aromatic carbocycles. The first-order valence-corrected chi connectivity index (χ1v) is 7.29. The highest BCUT2D eigenvalue weighted by Crippen LogP contribution is 2.23. The number of ether oxygens (including phenoxy) is 1. The normalized spacial score (nSPS) is 10.8. The summed E-state index contributed by atoms with van der Waals surface area (Å²) < 4.78 is 11.3. The minimum absolute atomic E-state index is 0.429. The summed E-state index contributed by atoms with van der Waals surface area (Å²) in [6, 6.07) is 7.71. The monoisotopic (exact) mass is 293 g/mol. The number of benzene rings is 1. The number of hydrogen-bond donors (Lipinski definition) is 1. The Morgan fingerprint density at radius 3 is 2.80 bits per heavy atom. The van der Waals surface area contributed by atoms with Gasteiger partial charge in [-0.15, -0.1) is 0 Å². The van der Waals surface area contributed by atoms with Crippen LogP contribution in [0.15, 0.2) is 34.9 Å². The quantitative estimate of drug-likeness (QED) is 0.831. The lowest BCUT2D eigenvalue weighted by molar-refractivity contribution is 0.268. The number of furan rings is 1. The molecule has 0 atom stereocenters. The maximum atomic E-state index is 6.10. The van der Waals surface area contributed by atoms with Gasteiger partial charge >= 0.3 is 0 Å². The maximum Gasteiger partial charge on any atom is 0.146 e. The lowest BCUT2D eigenvalue weighted by atomic mass is 10.1. The molecule has 0 bridgehead atoms. The number of hydrogen-bond acceptors (Lipinski definition) is 3. The molecule has 0 aliphatic carbocycles. The van der Waals surface area contributed by atoms with Gasteiger partial charge in [-0.25, -0.2) is 0 Å². The Morgan fingerprint density at radius 2 is 2.05 bits per heavy atom. The maximum absolute atomic E-state index is 6.10. The Bertz CT molecular complexity index is 551. The van der Waals surface area contributed by atoms with Crippen molar-refractivity contribution in [2.75, 3.05) is 6.54 Å². The Balaban J connectivity index is 2.00. The van der Waals surface area contributed by atoms with Crippen molar-refractivity contribution in [3.8, 4) is 5.75 Å². The molecule has 0 amide bonds. The first kappa shape index (κ1) is 14.9. The van der Waals surface area contributed by atoms with E-state index in [4.69, 9.17) is 20.8 Å². The van der Waals surface area contributed by atoms with E-state index in [2.05, 4.69) is 19.2 Å². The van der Waals surface area contributed by atoms with Crippen LogP contribution in [0.2, 0.25) is 5.02 Å². The molecule has 0 saturated heterocycles. The predicted octanol–water partition coefficient (Wildman–Crippen LogP) is 4.18. The van der Waals surface area contributed by atoms with Gasteiger partial charge in [-0.1, -0.05) is 25.4 Å². The van der Waals surface area contributed by atoms with Gasteiger partial charge in [-0.2, -0.15) is 0 Å². The second-order valence-electron chi connectivity index (χ2n) is 4.54. The third-order valence-corrected chi connectivity index (χ3v) is 3.54. The van der Waals surface area contributed by atoms with Gasteiger partial charge in [-0.05, 0) is 42.8 Å². The average molecular weight is 294 g/mol. The molecule has 1 heterocycles. The van der Waals surface area contributed by atoms with Crippen molar-refractivity contribution in [3.05, 3.63) is 52.4 Å². The van der Waals surface area contributed by atoms with Gasteiger partial charge in [0.1, 0.15) is 18.1 Å². The summed E-state index contributed by atoms with van der Waals surface area (Å²) >= 11 is 6.10. The molecule has 0 unspecified atom stereocenters. The summed E-state index contributed by atoms with van der Waals surface area (Å²) in [6.45, 7) is 6.32. The summed E-state index contributed by atoms with van der Waals surface area (Å²) in [5.74, 6) is 1.68. The van der Waals surface area contributed by atoms with E-state index < -0.39 is 0 Å². The van der Waals surface area contributed by atoms with E-state index in [1.165, 1.54) is 0 Å². The van der Waals surface area contributed by atoms with E-state index >= 15 is 0 Å². The van der Waals surface area contributed by atoms with Crippen molar-refractivity contribution in [3.63, 3.8) is 0 Å². The molecule has 108 valence electrons. The van der Waals surface area contributed by atoms with E-state index in [0.717, 1.165) is 47.2 Å². The van der Waals surface area contributed by atoms with Crippen LogP contribution in [0.3, 0.4) is 0 Å². The molecular weight excluding hydrogens is 274 g/mol. The first-order valence-electron chi connectivity index (χ1n) is 6.91. The lowest BCUT2D eigenvalue weighted by Crippen LogP contribution is -2.12. The Morgan fingerprint density at radius 1 is 1.20 bits per heavy atom. The summed E-state index contributed by atoms with van der Waals surface area (Å²) in [6.07, 6.45) is 2.59. The van der Waals surface area contributed by atoms with Crippen LogP contribution in [0, 0.1) is 0 Å². The second kappa shape index (κ2) is 7.36. The van der Waals surface area contributed by atoms with Crippen LogP contribution >= 0.6 is 11.6 Å². The van der Waals surface area contributed by atoms with Gasteiger partial charge in [-0.3, -0.25) is 0 Å². The van der Waals surface area contributed by atoms with Gasteiger partial charge in [0.2, 0.25) is 0 Å². The highest BCUT2D eigenvalue weighted by molar-refractivity contribution is 6.31. The molecule has 2 aromatic rings. The molecular formula is C16H20ClNO2. The summed E-state index contributed by atoms with van der Waals surface area (Å²) in [4.78, 5) is 0. The van der Waals surface area contributed by atoms with Gasteiger partial charge < -0.3 is 14.5 Å². The van der Waals surface area contributed by atoms with E-state index in [9.17, 15) is 0 Å². The lowest BCUT2D eigenvalue weighted by Gasteiger charge is -2.09. The third kappa shape index (κ3) is 3.78. The van der Waals surface area contributed by atoms with Crippen LogP contribution in [0.1, 0.15) is 30.7 Å². The number of nitrogens with one attached hydrogen (secondary N) is 1. The van der Waals surface area contributed by atoms with Crippen LogP contribution in [0.4, 0.5) is 0 Å². The van der Waals surface area contributed by atoms with E-state index in [1.807, 2.05) is 24.3 Å². The van der Waals surface area contributed by atoms with Gasteiger partial charge in [0.15, 0.2) is 0 Å². The molecule has 20 heavy (non-hydrogen) atoms. The molecule has 1 aromatic heterocycles. The van der Waals surface area contributed by atoms with E-state index in [0.29, 0.717) is 6.61 Å². The zero-order valence-corrected chi connectivity index (χ0v) is 12.7. The predicted molar refractivity (Wildman–Crippen MR) is 81.3 cm³/mol. The fourth-order valence-electron chi connectivity index (χ4n) is 1.97. The summed E-state index contributed by atoms with van der Waals surface area (Å²) in [7, 11) is 0. The van der Waals surface area contributed by atoms with Crippen molar-refractivity contribution in [2.24, 2.45) is 0 Å². The topological polar surface area (TPSA) is 34.4 Å². The van der Waals surface area contributed by atoms with Crippen LogP contribution in [-0.2, 0) is 19.6 Å². The second-order valence-corrected chi connectivity index (χ2v) is 4.95. The minimum Gasteiger partial charge on any atom is -0.486 e. The molecule has 0 saturated carbocycles. The van der Waals surface area contributed by atoms with Crippen LogP contribution in [0.25, 0.3) is 0 Å². The molecule has 2 rings (SSSR count). The van der Waals surface area contributed by atoms with Crippen LogP contribution in [-0.4, -0.2) is 6.54 Å².